The van der Waals surface area contributed by atoms with E-state index in [9.17, 15) is 4.79 Å². The molecule has 1 atom stereocenters. The number of fused-ring (bicyclic) bond motifs is 3. The molecular weight excluding hydrogens is 210 g/mol. The number of carbonyl (C=O) groups excluding carboxylic acids is 1. The lowest BCUT2D eigenvalue weighted by Gasteiger charge is -2.14. The highest BCUT2D eigenvalue weighted by Crippen LogP contribution is 2.30. The second kappa shape index (κ2) is 3.11. The molecule has 2 nitrogen and oxygen atoms in total. The van der Waals surface area contributed by atoms with E-state index in [1.54, 1.807) is 0 Å². The van der Waals surface area contributed by atoms with Crippen LogP contribution in [0.1, 0.15) is 22.5 Å². The van der Waals surface area contributed by atoms with Crippen LogP contribution in [0.15, 0.2) is 24.3 Å². The van der Waals surface area contributed by atoms with Gasteiger partial charge in [0.15, 0.2) is 5.78 Å². The molecule has 15 heavy (non-hydrogen) atoms. The van der Waals surface area contributed by atoms with Crippen molar-refractivity contribution in [3.05, 3.63) is 35.5 Å². The first-order valence-electron chi connectivity index (χ1n) is 5.05. The highest BCUT2D eigenvalue weighted by molar-refractivity contribution is 6.34. The molecule has 0 spiro atoms. The molecular formula is C12H10ClNO. The molecule has 1 aliphatic rings. The van der Waals surface area contributed by atoms with Crippen molar-refractivity contribution in [2.24, 2.45) is 0 Å². The molecule has 0 saturated carbocycles. The van der Waals surface area contributed by atoms with E-state index in [4.69, 9.17) is 11.6 Å². The zero-order valence-corrected chi connectivity index (χ0v) is 8.84. The molecule has 0 bridgehead atoms. The molecule has 0 radical (unpaired) electrons. The van der Waals surface area contributed by atoms with E-state index in [1.165, 1.54) is 0 Å². The number of benzene rings is 1. The number of nitrogens with one attached hydrogen (secondary N) is 1. The maximum absolute atomic E-state index is 11.8. The molecule has 3 rings (SSSR count). The van der Waals surface area contributed by atoms with Crippen molar-refractivity contribution in [1.29, 1.82) is 0 Å². The predicted molar refractivity (Wildman–Crippen MR) is 60.6 cm³/mol. The van der Waals surface area contributed by atoms with Crippen molar-refractivity contribution in [3.63, 3.8) is 0 Å². The summed E-state index contributed by atoms with van der Waals surface area (Å²) in [5.41, 5.74) is 2.87. The Bertz CT molecular complexity index is 544. The topological polar surface area (TPSA) is 32.9 Å². The molecule has 0 amide bonds. The number of para-hydroxylation sites is 1. The van der Waals surface area contributed by atoms with E-state index < -0.39 is 0 Å². The minimum Gasteiger partial charge on any atom is -0.352 e. The zero-order chi connectivity index (χ0) is 10.4. The minimum atomic E-state index is -0.356. The van der Waals surface area contributed by atoms with Crippen LogP contribution in [0.3, 0.4) is 0 Å². The number of ketones is 1. The van der Waals surface area contributed by atoms with Crippen LogP contribution in [0, 0.1) is 0 Å². The Balaban J connectivity index is 2.31. The second-order valence-corrected chi connectivity index (χ2v) is 4.42. The lowest BCUT2D eigenvalue weighted by Crippen LogP contribution is -2.22. The van der Waals surface area contributed by atoms with Gasteiger partial charge in [-0.25, -0.2) is 0 Å². The first kappa shape index (κ1) is 8.98. The van der Waals surface area contributed by atoms with Gasteiger partial charge in [0.2, 0.25) is 0 Å². The van der Waals surface area contributed by atoms with Crippen molar-refractivity contribution in [2.75, 3.05) is 0 Å². The Morgan fingerprint density at radius 2 is 2.13 bits per heavy atom. The molecule has 76 valence electrons. The van der Waals surface area contributed by atoms with Crippen LogP contribution < -0.4 is 0 Å². The van der Waals surface area contributed by atoms with Crippen LogP contribution in [0.5, 0.6) is 0 Å². The van der Waals surface area contributed by atoms with Gasteiger partial charge in [-0.3, -0.25) is 4.79 Å². The Hall–Kier alpha value is -1.28. The zero-order valence-electron chi connectivity index (χ0n) is 8.09. The lowest BCUT2D eigenvalue weighted by atomic mass is 9.94. The van der Waals surface area contributed by atoms with E-state index in [0.29, 0.717) is 5.69 Å². The van der Waals surface area contributed by atoms with Gasteiger partial charge in [-0.1, -0.05) is 18.2 Å². The van der Waals surface area contributed by atoms with Crippen molar-refractivity contribution in [3.8, 4) is 0 Å². The summed E-state index contributed by atoms with van der Waals surface area (Å²) in [5.74, 6) is 0.0362. The van der Waals surface area contributed by atoms with Gasteiger partial charge < -0.3 is 4.98 Å². The molecule has 1 N–H and O–H groups in total. The van der Waals surface area contributed by atoms with Gasteiger partial charge in [0.25, 0.3) is 0 Å². The quantitative estimate of drug-likeness (QED) is 0.679. The van der Waals surface area contributed by atoms with Crippen molar-refractivity contribution in [2.45, 2.75) is 18.2 Å². The minimum absolute atomic E-state index is 0.0362. The molecule has 2 aromatic rings. The standard InChI is InChI=1S/C12H10ClNO/c13-9-6-5-8-7-3-1-2-4-10(7)14-11(8)12(9)15/h1-4,9,14H,5-6H2. The smallest absolute Gasteiger partial charge is 0.197 e. The third-order valence-electron chi connectivity index (χ3n) is 2.99. The van der Waals surface area contributed by atoms with E-state index in [-0.39, 0.29) is 11.2 Å². The Labute approximate surface area is 92.2 Å². The Kier molecular flexibility index (Phi) is 1.86. The molecule has 0 aliphatic heterocycles. The van der Waals surface area contributed by atoms with Crippen LogP contribution >= 0.6 is 11.6 Å². The largest absolute Gasteiger partial charge is 0.352 e. The molecule has 1 aromatic carbocycles. The summed E-state index contributed by atoms with van der Waals surface area (Å²) < 4.78 is 0. The molecule has 0 fully saturated rings. The fourth-order valence-electron chi connectivity index (χ4n) is 2.23. The average molecular weight is 220 g/mol. The monoisotopic (exact) mass is 219 g/mol. The molecule has 0 saturated heterocycles. The SMILES string of the molecule is O=C1c2[nH]c3ccccc3c2CCC1Cl. The molecule has 1 aromatic heterocycles. The van der Waals surface area contributed by atoms with Gasteiger partial charge in [-0.05, 0) is 24.5 Å². The van der Waals surface area contributed by atoms with Gasteiger partial charge in [-0.2, -0.15) is 0 Å². The number of Topliss-reactive ketones (excluding diaryl/α,β-unsaturated/α-hetero) is 1. The van der Waals surface area contributed by atoms with Gasteiger partial charge in [0, 0.05) is 10.9 Å². The van der Waals surface area contributed by atoms with Gasteiger partial charge in [0.1, 0.15) is 0 Å². The number of hydrogen-bond acceptors (Lipinski definition) is 1. The summed E-state index contributed by atoms with van der Waals surface area (Å²) in [6.45, 7) is 0. The number of aromatic amines is 1. The number of aromatic nitrogens is 1. The fraction of sp³-hybridized carbons (Fsp3) is 0.250. The van der Waals surface area contributed by atoms with Gasteiger partial charge in [-0.15, -0.1) is 11.6 Å². The second-order valence-electron chi connectivity index (χ2n) is 3.89. The van der Waals surface area contributed by atoms with Crippen molar-refractivity contribution >= 4 is 28.3 Å². The van der Waals surface area contributed by atoms with Crippen LogP contribution in [-0.2, 0) is 6.42 Å². The third kappa shape index (κ3) is 1.21. The highest BCUT2D eigenvalue weighted by atomic mass is 35.5. The number of alkyl halides is 1. The fourth-order valence-corrected chi connectivity index (χ4v) is 2.45. The summed E-state index contributed by atoms with van der Waals surface area (Å²) >= 11 is 5.95. The van der Waals surface area contributed by atoms with E-state index in [0.717, 1.165) is 29.3 Å². The van der Waals surface area contributed by atoms with Crippen LogP contribution in [-0.4, -0.2) is 16.1 Å². The maximum Gasteiger partial charge on any atom is 0.197 e. The number of rotatable bonds is 0. The highest BCUT2D eigenvalue weighted by Gasteiger charge is 2.28. The van der Waals surface area contributed by atoms with Gasteiger partial charge >= 0.3 is 0 Å². The molecule has 3 heteroatoms. The summed E-state index contributed by atoms with van der Waals surface area (Å²) in [6.07, 6.45) is 1.63. The first-order chi connectivity index (χ1) is 7.27. The van der Waals surface area contributed by atoms with E-state index >= 15 is 0 Å². The average Bonchev–Trinajstić information content (AvgIpc) is 2.63. The van der Waals surface area contributed by atoms with Crippen LogP contribution in [0.25, 0.3) is 10.9 Å². The molecule has 1 heterocycles. The van der Waals surface area contributed by atoms with Crippen LogP contribution in [0.2, 0.25) is 0 Å². The van der Waals surface area contributed by atoms with Crippen molar-refractivity contribution in [1.82, 2.24) is 4.98 Å². The maximum atomic E-state index is 11.8. The van der Waals surface area contributed by atoms with E-state index in [2.05, 4.69) is 4.98 Å². The number of carbonyl (C=O) groups is 1. The van der Waals surface area contributed by atoms with Crippen LogP contribution in [0.4, 0.5) is 0 Å². The Morgan fingerprint density at radius 1 is 1.33 bits per heavy atom. The lowest BCUT2D eigenvalue weighted by molar-refractivity contribution is 0.0973. The first-order valence-corrected chi connectivity index (χ1v) is 5.49. The normalized spacial score (nSPS) is 20.6. The van der Waals surface area contributed by atoms with E-state index in [1.807, 2.05) is 24.3 Å². The number of halogens is 1. The summed E-state index contributed by atoms with van der Waals surface area (Å²) in [5, 5.41) is 0.801. The number of aryl methyl sites for hydroxylation is 1. The summed E-state index contributed by atoms with van der Waals surface area (Å²) in [6, 6.07) is 8.00. The number of hydrogen-bond donors (Lipinski definition) is 1. The third-order valence-corrected chi connectivity index (χ3v) is 3.41. The Morgan fingerprint density at radius 3 is 3.00 bits per heavy atom. The predicted octanol–water partition coefficient (Wildman–Crippen LogP) is 2.90. The van der Waals surface area contributed by atoms with Gasteiger partial charge in [0.05, 0.1) is 11.1 Å². The molecule has 1 unspecified atom stereocenters. The summed E-state index contributed by atoms with van der Waals surface area (Å²) in [7, 11) is 0. The van der Waals surface area contributed by atoms with Crippen molar-refractivity contribution < 1.29 is 4.79 Å². The number of H-pyrrole nitrogens is 1. The molecule has 1 aliphatic carbocycles. The summed E-state index contributed by atoms with van der Waals surface area (Å²) in [4.78, 5) is 15.0.